The monoisotopic (exact) mass is 408 g/mol. The molecule has 7 nitrogen and oxygen atoms in total. The predicted molar refractivity (Wildman–Crippen MR) is 113 cm³/mol. The number of carbonyl (C=O) groups is 2. The zero-order valence-electron chi connectivity index (χ0n) is 16.9. The smallest absolute Gasteiger partial charge is 0.279 e. The largest absolute Gasteiger partial charge is 0.490 e. The Bertz CT molecular complexity index is 1020. The minimum absolute atomic E-state index is 0.274. The van der Waals surface area contributed by atoms with Gasteiger partial charge in [0, 0.05) is 0 Å². The van der Waals surface area contributed by atoms with Crippen LogP contribution in [0.15, 0.2) is 66.7 Å². The number of nitrogens with one attached hydrogen (secondary N) is 2. The van der Waals surface area contributed by atoms with Gasteiger partial charge < -0.3 is 14.2 Å². The summed E-state index contributed by atoms with van der Waals surface area (Å²) in [5.74, 6) is 0.584. The van der Waals surface area contributed by atoms with Gasteiger partial charge >= 0.3 is 0 Å². The van der Waals surface area contributed by atoms with Crippen molar-refractivity contribution in [1.82, 2.24) is 10.9 Å². The second kappa shape index (κ2) is 10.2. The second-order valence-electron chi connectivity index (χ2n) is 6.47. The van der Waals surface area contributed by atoms with Crippen LogP contribution < -0.4 is 25.1 Å². The zero-order valence-corrected chi connectivity index (χ0v) is 16.9. The highest BCUT2D eigenvalue weighted by Gasteiger charge is 2.16. The van der Waals surface area contributed by atoms with E-state index >= 15 is 0 Å². The Balaban J connectivity index is 1.46. The Kier molecular flexibility index (Phi) is 7.10. The van der Waals surface area contributed by atoms with E-state index in [1.165, 1.54) is 0 Å². The van der Waals surface area contributed by atoms with E-state index in [1.807, 2.05) is 49.4 Å². The van der Waals surface area contributed by atoms with Gasteiger partial charge in [-0.1, -0.05) is 42.5 Å². The summed E-state index contributed by atoms with van der Waals surface area (Å²) in [7, 11) is 0. The molecule has 30 heavy (non-hydrogen) atoms. The van der Waals surface area contributed by atoms with Crippen LogP contribution in [0.5, 0.6) is 17.2 Å². The van der Waals surface area contributed by atoms with Gasteiger partial charge in [0.2, 0.25) is 0 Å². The van der Waals surface area contributed by atoms with E-state index < -0.39 is 17.9 Å². The third-order valence-corrected chi connectivity index (χ3v) is 4.24. The molecule has 3 aromatic carbocycles. The van der Waals surface area contributed by atoms with Gasteiger partial charge in [0.05, 0.1) is 6.61 Å². The second-order valence-corrected chi connectivity index (χ2v) is 6.47. The van der Waals surface area contributed by atoms with Crippen LogP contribution in [0.3, 0.4) is 0 Å². The van der Waals surface area contributed by atoms with Crippen LogP contribution in [0.2, 0.25) is 0 Å². The van der Waals surface area contributed by atoms with E-state index in [0.29, 0.717) is 23.9 Å². The lowest BCUT2D eigenvalue weighted by Gasteiger charge is -2.16. The minimum atomic E-state index is -0.800. The Morgan fingerprint density at radius 3 is 2.27 bits per heavy atom. The number of carbonyl (C=O) groups excluding carboxylic acids is 2. The Labute approximate surface area is 174 Å². The molecule has 7 heteroatoms. The maximum atomic E-state index is 12.2. The Morgan fingerprint density at radius 1 is 0.867 bits per heavy atom. The van der Waals surface area contributed by atoms with E-state index in [1.54, 1.807) is 31.2 Å². The average molecular weight is 408 g/mol. The van der Waals surface area contributed by atoms with E-state index in [-0.39, 0.29) is 6.61 Å². The number of hydrazine groups is 1. The van der Waals surface area contributed by atoms with Crippen molar-refractivity contribution in [3.05, 3.63) is 66.7 Å². The van der Waals surface area contributed by atoms with Crippen LogP contribution in [0.1, 0.15) is 13.8 Å². The number of ether oxygens (including phenoxy) is 3. The van der Waals surface area contributed by atoms with Crippen molar-refractivity contribution >= 4 is 22.6 Å². The molecule has 2 N–H and O–H groups in total. The molecule has 3 rings (SSSR count). The molecule has 0 spiro atoms. The Hall–Kier alpha value is -3.74. The number of para-hydroxylation sites is 2. The lowest BCUT2D eigenvalue weighted by molar-refractivity contribution is -0.133. The Morgan fingerprint density at radius 2 is 1.53 bits per heavy atom. The van der Waals surface area contributed by atoms with Crippen molar-refractivity contribution in [2.75, 3.05) is 13.2 Å². The lowest BCUT2D eigenvalue weighted by atomic mass is 10.1. The third-order valence-electron chi connectivity index (χ3n) is 4.24. The minimum Gasteiger partial charge on any atom is -0.490 e. The maximum absolute atomic E-state index is 12.2. The molecule has 0 heterocycles. The number of hydrogen-bond donors (Lipinski definition) is 2. The molecule has 0 aliphatic rings. The fourth-order valence-electron chi connectivity index (χ4n) is 2.75. The van der Waals surface area contributed by atoms with Gasteiger partial charge in [-0.25, -0.2) is 0 Å². The van der Waals surface area contributed by atoms with Gasteiger partial charge in [-0.05, 0) is 48.9 Å². The topological polar surface area (TPSA) is 85.9 Å². The van der Waals surface area contributed by atoms with Gasteiger partial charge in [-0.2, -0.15) is 0 Å². The molecule has 0 bridgehead atoms. The molecule has 0 aromatic heterocycles. The number of rotatable bonds is 8. The fourth-order valence-corrected chi connectivity index (χ4v) is 2.75. The highest BCUT2D eigenvalue weighted by molar-refractivity contribution is 5.86. The summed E-state index contributed by atoms with van der Waals surface area (Å²) in [6.07, 6.45) is -0.800. The molecule has 0 aliphatic heterocycles. The summed E-state index contributed by atoms with van der Waals surface area (Å²) in [5.41, 5.74) is 4.66. The van der Waals surface area contributed by atoms with Gasteiger partial charge in [-0.3, -0.25) is 20.4 Å². The molecular formula is C23H24N2O5. The number of benzene rings is 3. The highest BCUT2D eigenvalue weighted by atomic mass is 16.5. The van der Waals surface area contributed by atoms with Crippen LogP contribution in [-0.4, -0.2) is 31.1 Å². The fraction of sp³-hybridized carbons (Fsp3) is 0.217. The first-order valence-electron chi connectivity index (χ1n) is 9.65. The zero-order chi connectivity index (χ0) is 21.3. The summed E-state index contributed by atoms with van der Waals surface area (Å²) in [4.78, 5) is 24.2. The molecular weight excluding hydrogens is 384 g/mol. The third kappa shape index (κ3) is 5.64. The van der Waals surface area contributed by atoms with Gasteiger partial charge in [-0.15, -0.1) is 0 Å². The molecule has 3 aromatic rings. The SMILES string of the molecule is CCOc1ccccc1OCC(=O)NNC(=O)[C@H](C)Oc1ccc2ccccc2c1. The molecule has 0 unspecified atom stereocenters. The molecule has 0 saturated carbocycles. The first-order chi connectivity index (χ1) is 14.6. The number of hydrogen-bond acceptors (Lipinski definition) is 5. The normalized spacial score (nSPS) is 11.4. The van der Waals surface area contributed by atoms with E-state index in [2.05, 4.69) is 10.9 Å². The van der Waals surface area contributed by atoms with Crippen LogP contribution in [0.4, 0.5) is 0 Å². The summed E-state index contributed by atoms with van der Waals surface area (Å²) in [5, 5.41) is 2.10. The summed E-state index contributed by atoms with van der Waals surface area (Å²) < 4.78 is 16.6. The van der Waals surface area contributed by atoms with Crippen molar-refractivity contribution < 1.29 is 23.8 Å². The molecule has 1 atom stereocenters. The van der Waals surface area contributed by atoms with Gasteiger partial charge in [0.1, 0.15) is 5.75 Å². The van der Waals surface area contributed by atoms with E-state index in [0.717, 1.165) is 10.8 Å². The van der Waals surface area contributed by atoms with Crippen LogP contribution in [0.25, 0.3) is 10.8 Å². The van der Waals surface area contributed by atoms with Crippen LogP contribution in [-0.2, 0) is 9.59 Å². The van der Waals surface area contributed by atoms with E-state index in [4.69, 9.17) is 14.2 Å². The molecule has 0 radical (unpaired) electrons. The molecule has 0 saturated heterocycles. The lowest BCUT2D eigenvalue weighted by Crippen LogP contribution is -2.48. The summed E-state index contributed by atoms with van der Waals surface area (Å²) in [6.45, 7) is 3.67. The van der Waals surface area contributed by atoms with Crippen molar-refractivity contribution in [3.63, 3.8) is 0 Å². The highest BCUT2D eigenvalue weighted by Crippen LogP contribution is 2.26. The maximum Gasteiger partial charge on any atom is 0.279 e. The van der Waals surface area contributed by atoms with Crippen molar-refractivity contribution in [2.24, 2.45) is 0 Å². The molecule has 156 valence electrons. The molecule has 0 fully saturated rings. The number of fused-ring (bicyclic) bond motifs is 1. The van der Waals surface area contributed by atoms with Crippen molar-refractivity contribution in [1.29, 1.82) is 0 Å². The molecule has 0 aliphatic carbocycles. The van der Waals surface area contributed by atoms with Crippen LogP contribution >= 0.6 is 0 Å². The van der Waals surface area contributed by atoms with E-state index in [9.17, 15) is 9.59 Å². The van der Waals surface area contributed by atoms with Crippen molar-refractivity contribution in [3.8, 4) is 17.2 Å². The predicted octanol–water partition coefficient (Wildman–Crippen LogP) is 3.23. The standard InChI is InChI=1S/C23H24N2O5/c1-3-28-20-10-6-7-11-21(20)29-15-22(26)24-25-23(27)16(2)30-19-13-12-17-8-4-5-9-18(17)14-19/h4-14,16H,3,15H2,1-2H3,(H,24,26)(H,25,27)/t16-/m0/s1. The first kappa shape index (κ1) is 21.0. The van der Waals surface area contributed by atoms with Gasteiger partial charge in [0.25, 0.3) is 11.8 Å². The average Bonchev–Trinajstić information content (AvgIpc) is 2.77. The van der Waals surface area contributed by atoms with Crippen molar-refractivity contribution in [2.45, 2.75) is 20.0 Å². The summed E-state index contributed by atoms with van der Waals surface area (Å²) >= 11 is 0. The quantitative estimate of drug-likeness (QED) is 0.559. The van der Waals surface area contributed by atoms with Crippen LogP contribution in [0, 0.1) is 0 Å². The molecule has 2 amide bonds. The van der Waals surface area contributed by atoms with Gasteiger partial charge in [0.15, 0.2) is 24.2 Å². The first-order valence-corrected chi connectivity index (χ1v) is 9.65. The summed E-state index contributed by atoms with van der Waals surface area (Å²) in [6, 6.07) is 20.5. The number of amides is 2.